The van der Waals surface area contributed by atoms with E-state index in [1.807, 2.05) is 6.92 Å². The SMILES string of the molecule is CCNC(CN(C)CC1(N(C)C)CCC1)C(N)=O. The number of carbonyl (C=O) groups is 1. The second-order valence-corrected chi connectivity index (χ2v) is 5.68. The Morgan fingerprint density at radius 2 is 2.00 bits per heavy atom. The molecule has 0 spiro atoms. The molecule has 0 aliphatic heterocycles. The van der Waals surface area contributed by atoms with Crippen LogP contribution in [-0.4, -0.2) is 68.1 Å². The first-order valence-electron chi connectivity index (χ1n) is 6.80. The molecule has 1 amide bonds. The number of nitrogens with two attached hydrogens (primary N) is 1. The third kappa shape index (κ3) is 3.67. The summed E-state index contributed by atoms with van der Waals surface area (Å²) in [6.45, 7) is 4.43. The first kappa shape index (κ1) is 15.4. The second-order valence-electron chi connectivity index (χ2n) is 5.68. The molecule has 0 bridgehead atoms. The minimum atomic E-state index is -0.267. The minimum Gasteiger partial charge on any atom is -0.368 e. The molecular weight excluding hydrogens is 228 g/mol. The van der Waals surface area contributed by atoms with Crippen molar-refractivity contribution in [3.05, 3.63) is 0 Å². The molecule has 1 atom stereocenters. The van der Waals surface area contributed by atoms with Gasteiger partial charge in [-0.25, -0.2) is 0 Å². The maximum Gasteiger partial charge on any atom is 0.235 e. The Morgan fingerprint density at radius 1 is 1.39 bits per heavy atom. The Hall–Kier alpha value is -0.650. The van der Waals surface area contributed by atoms with Gasteiger partial charge in [-0.05, 0) is 47.0 Å². The molecule has 1 rings (SSSR count). The molecule has 18 heavy (non-hydrogen) atoms. The van der Waals surface area contributed by atoms with Crippen molar-refractivity contribution in [2.45, 2.75) is 37.8 Å². The average molecular weight is 256 g/mol. The summed E-state index contributed by atoms with van der Waals surface area (Å²) in [5, 5.41) is 3.13. The Kier molecular flexibility index (Phi) is 5.56. The van der Waals surface area contributed by atoms with E-state index in [-0.39, 0.29) is 11.9 Å². The Labute approximate surface area is 111 Å². The lowest BCUT2D eigenvalue weighted by Crippen LogP contribution is -2.58. The van der Waals surface area contributed by atoms with Gasteiger partial charge < -0.3 is 20.9 Å². The molecule has 3 N–H and O–H groups in total. The first-order chi connectivity index (χ1) is 8.41. The summed E-state index contributed by atoms with van der Waals surface area (Å²) in [6.07, 6.45) is 3.79. The van der Waals surface area contributed by atoms with Crippen LogP contribution in [0.1, 0.15) is 26.2 Å². The van der Waals surface area contributed by atoms with Crippen LogP contribution in [0.25, 0.3) is 0 Å². The summed E-state index contributed by atoms with van der Waals surface area (Å²) in [7, 11) is 6.35. The van der Waals surface area contributed by atoms with Crippen molar-refractivity contribution in [2.75, 3.05) is 40.8 Å². The topological polar surface area (TPSA) is 61.6 Å². The fourth-order valence-corrected chi connectivity index (χ4v) is 2.71. The fraction of sp³-hybridized carbons (Fsp3) is 0.923. The third-order valence-corrected chi connectivity index (χ3v) is 4.09. The van der Waals surface area contributed by atoms with E-state index in [0.29, 0.717) is 12.1 Å². The Morgan fingerprint density at radius 3 is 2.33 bits per heavy atom. The zero-order valence-corrected chi connectivity index (χ0v) is 12.2. The number of carbonyl (C=O) groups excluding carboxylic acids is 1. The van der Waals surface area contributed by atoms with Gasteiger partial charge in [0, 0.05) is 18.6 Å². The number of amides is 1. The summed E-state index contributed by atoms with van der Waals surface area (Å²) in [5.41, 5.74) is 5.70. The lowest BCUT2D eigenvalue weighted by Gasteiger charge is -2.49. The van der Waals surface area contributed by atoms with E-state index in [1.165, 1.54) is 19.3 Å². The molecule has 5 nitrogen and oxygen atoms in total. The zero-order valence-electron chi connectivity index (χ0n) is 12.2. The van der Waals surface area contributed by atoms with Crippen LogP contribution in [0.3, 0.4) is 0 Å². The molecule has 1 fully saturated rings. The van der Waals surface area contributed by atoms with Gasteiger partial charge in [0.2, 0.25) is 5.91 Å². The summed E-state index contributed by atoms with van der Waals surface area (Å²) in [5.74, 6) is -0.267. The number of primary amides is 1. The quantitative estimate of drug-likeness (QED) is 0.635. The van der Waals surface area contributed by atoms with Crippen molar-refractivity contribution in [3.8, 4) is 0 Å². The van der Waals surface area contributed by atoms with E-state index in [4.69, 9.17) is 5.73 Å². The van der Waals surface area contributed by atoms with Gasteiger partial charge in [-0.2, -0.15) is 0 Å². The fourth-order valence-electron chi connectivity index (χ4n) is 2.71. The molecule has 1 unspecified atom stereocenters. The second kappa shape index (κ2) is 6.50. The number of hydrogen-bond donors (Lipinski definition) is 2. The number of hydrogen-bond acceptors (Lipinski definition) is 4. The van der Waals surface area contributed by atoms with Gasteiger partial charge in [0.25, 0.3) is 0 Å². The van der Waals surface area contributed by atoms with Gasteiger partial charge in [-0.15, -0.1) is 0 Å². The molecule has 5 heteroatoms. The molecular formula is C13H28N4O. The molecule has 1 aliphatic rings. The lowest BCUT2D eigenvalue weighted by atomic mass is 9.75. The van der Waals surface area contributed by atoms with Gasteiger partial charge in [-0.3, -0.25) is 4.79 Å². The third-order valence-electron chi connectivity index (χ3n) is 4.09. The van der Waals surface area contributed by atoms with Crippen LogP contribution in [0.5, 0.6) is 0 Å². The number of nitrogens with one attached hydrogen (secondary N) is 1. The summed E-state index contributed by atoms with van der Waals surface area (Å²) in [6, 6.07) is -0.251. The molecule has 0 radical (unpaired) electrons. The summed E-state index contributed by atoms with van der Waals surface area (Å²) >= 11 is 0. The maximum absolute atomic E-state index is 11.3. The molecule has 1 aliphatic carbocycles. The lowest BCUT2D eigenvalue weighted by molar-refractivity contribution is -0.120. The van der Waals surface area contributed by atoms with Crippen LogP contribution in [-0.2, 0) is 4.79 Å². The van der Waals surface area contributed by atoms with E-state index >= 15 is 0 Å². The molecule has 0 aromatic rings. The van der Waals surface area contributed by atoms with Crippen LogP contribution in [0.2, 0.25) is 0 Å². The molecule has 1 saturated carbocycles. The monoisotopic (exact) mass is 256 g/mol. The van der Waals surface area contributed by atoms with Crippen LogP contribution < -0.4 is 11.1 Å². The predicted octanol–water partition coefficient (Wildman–Crippen LogP) is -0.134. The van der Waals surface area contributed by atoms with E-state index in [0.717, 1.165) is 13.1 Å². The van der Waals surface area contributed by atoms with Gasteiger partial charge in [0.1, 0.15) is 0 Å². The molecule has 0 aromatic heterocycles. The van der Waals surface area contributed by atoms with Crippen molar-refractivity contribution >= 4 is 5.91 Å². The number of nitrogens with zero attached hydrogens (tertiary/aromatic N) is 2. The molecule has 0 saturated heterocycles. The van der Waals surface area contributed by atoms with E-state index in [9.17, 15) is 4.79 Å². The number of likely N-dealkylation sites (N-methyl/N-ethyl adjacent to an activating group) is 3. The van der Waals surface area contributed by atoms with Crippen LogP contribution >= 0.6 is 0 Å². The standard InChI is InChI=1S/C13H28N4O/c1-5-15-11(12(14)18)9-17(4)10-13(16(2)3)7-6-8-13/h11,15H,5-10H2,1-4H3,(H2,14,18). The molecule has 106 valence electrons. The van der Waals surface area contributed by atoms with Crippen molar-refractivity contribution in [1.82, 2.24) is 15.1 Å². The smallest absolute Gasteiger partial charge is 0.235 e. The van der Waals surface area contributed by atoms with Crippen molar-refractivity contribution in [3.63, 3.8) is 0 Å². The zero-order chi connectivity index (χ0) is 13.8. The van der Waals surface area contributed by atoms with Gasteiger partial charge in [-0.1, -0.05) is 6.92 Å². The first-order valence-corrected chi connectivity index (χ1v) is 6.80. The highest BCUT2D eigenvalue weighted by atomic mass is 16.1. The summed E-state index contributed by atoms with van der Waals surface area (Å²) < 4.78 is 0. The van der Waals surface area contributed by atoms with E-state index in [1.54, 1.807) is 0 Å². The highest BCUT2D eigenvalue weighted by Gasteiger charge is 2.40. The normalized spacial score (nSPS) is 19.9. The van der Waals surface area contributed by atoms with Crippen LogP contribution in [0.4, 0.5) is 0 Å². The minimum absolute atomic E-state index is 0.251. The van der Waals surface area contributed by atoms with E-state index < -0.39 is 0 Å². The largest absolute Gasteiger partial charge is 0.368 e. The molecule has 0 heterocycles. The Balaban J connectivity index is 2.49. The highest BCUT2D eigenvalue weighted by molar-refractivity contribution is 5.80. The van der Waals surface area contributed by atoms with Crippen molar-refractivity contribution < 1.29 is 4.79 Å². The summed E-state index contributed by atoms with van der Waals surface area (Å²) in [4.78, 5) is 15.9. The van der Waals surface area contributed by atoms with E-state index in [2.05, 4.69) is 36.3 Å². The Bertz CT molecular complexity index is 276. The van der Waals surface area contributed by atoms with Gasteiger partial charge in [0.15, 0.2) is 0 Å². The number of rotatable bonds is 8. The van der Waals surface area contributed by atoms with Crippen molar-refractivity contribution in [2.24, 2.45) is 5.73 Å². The van der Waals surface area contributed by atoms with Gasteiger partial charge >= 0.3 is 0 Å². The average Bonchev–Trinajstić information content (AvgIpc) is 2.22. The van der Waals surface area contributed by atoms with Crippen molar-refractivity contribution in [1.29, 1.82) is 0 Å². The predicted molar refractivity (Wildman–Crippen MR) is 74.4 cm³/mol. The molecule has 0 aromatic carbocycles. The van der Waals surface area contributed by atoms with Crippen LogP contribution in [0, 0.1) is 0 Å². The van der Waals surface area contributed by atoms with Gasteiger partial charge in [0.05, 0.1) is 6.04 Å². The van der Waals surface area contributed by atoms with Crippen LogP contribution in [0.15, 0.2) is 0 Å². The highest BCUT2D eigenvalue weighted by Crippen LogP contribution is 2.36. The maximum atomic E-state index is 11.3.